The normalized spacial score (nSPS) is 17.5. The molecule has 4 rings (SSSR count). The fourth-order valence-electron chi connectivity index (χ4n) is 3.50. The van der Waals surface area contributed by atoms with Gasteiger partial charge >= 0.3 is 0 Å². The molecule has 1 aliphatic carbocycles. The molecule has 2 aromatic rings. The van der Waals surface area contributed by atoms with Crippen LogP contribution >= 0.6 is 15.9 Å². The number of amides is 1. The maximum absolute atomic E-state index is 12.7. The molecule has 0 unspecified atom stereocenters. The first-order valence-electron chi connectivity index (χ1n) is 9.03. The van der Waals surface area contributed by atoms with Crippen molar-refractivity contribution in [3.63, 3.8) is 0 Å². The Hall–Kier alpha value is -2.02. The molecule has 6 nitrogen and oxygen atoms in total. The van der Waals surface area contributed by atoms with E-state index in [4.69, 9.17) is 4.74 Å². The fourth-order valence-corrected chi connectivity index (χ4v) is 4.12. The third kappa shape index (κ3) is 3.58. The van der Waals surface area contributed by atoms with Crippen molar-refractivity contribution < 1.29 is 9.53 Å². The molecule has 7 heteroatoms. The van der Waals surface area contributed by atoms with E-state index in [0.717, 1.165) is 36.4 Å². The van der Waals surface area contributed by atoms with E-state index in [1.807, 2.05) is 27.9 Å². The Labute approximate surface area is 161 Å². The summed E-state index contributed by atoms with van der Waals surface area (Å²) in [4.78, 5) is 17.0. The van der Waals surface area contributed by atoms with Gasteiger partial charge in [-0.3, -0.25) is 9.48 Å². The van der Waals surface area contributed by atoms with Crippen molar-refractivity contribution in [2.24, 2.45) is 0 Å². The van der Waals surface area contributed by atoms with E-state index in [1.54, 1.807) is 7.11 Å². The Bertz CT molecular complexity index is 777. The fraction of sp³-hybridized carbons (Fsp3) is 0.474. The molecule has 1 saturated heterocycles. The minimum absolute atomic E-state index is 0.150. The van der Waals surface area contributed by atoms with E-state index in [2.05, 4.69) is 38.1 Å². The van der Waals surface area contributed by atoms with E-state index >= 15 is 0 Å². The number of methoxy groups -OCH3 is 1. The topological polar surface area (TPSA) is 50.6 Å². The summed E-state index contributed by atoms with van der Waals surface area (Å²) in [7, 11) is 1.67. The third-order valence-electron chi connectivity index (χ3n) is 5.15. The van der Waals surface area contributed by atoms with Crippen LogP contribution in [0.3, 0.4) is 0 Å². The quantitative estimate of drug-likeness (QED) is 0.748. The number of anilines is 1. The molecular weight excluding hydrogens is 396 g/mol. The number of nitrogens with zero attached hydrogens (tertiary/aromatic N) is 4. The average molecular weight is 419 g/mol. The molecule has 1 aliphatic heterocycles. The van der Waals surface area contributed by atoms with Gasteiger partial charge in [-0.1, -0.05) is 0 Å². The minimum atomic E-state index is 0.150. The molecule has 0 spiro atoms. The highest BCUT2D eigenvalue weighted by Gasteiger charge is 2.31. The predicted molar refractivity (Wildman–Crippen MR) is 104 cm³/mol. The Morgan fingerprint density at radius 1 is 1.19 bits per heavy atom. The molecule has 0 radical (unpaired) electrons. The lowest BCUT2D eigenvalue weighted by Gasteiger charge is -2.36. The van der Waals surface area contributed by atoms with Gasteiger partial charge in [-0.2, -0.15) is 5.10 Å². The van der Waals surface area contributed by atoms with E-state index < -0.39 is 0 Å². The summed E-state index contributed by atoms with van der Waals surface area (Å²) in [6, 6.07) is 8.09. The van der Waals surface area contributed by atoms with Crippen LogP contribution in [0.2, 0.25) is 0 Å². The van der Waals surface area contributed by atoms with Crippen molar-refractivity contribution in [3.05, 3.63) is 40.6 Å². The van der Waals surface area contributed by atoms with E-state index in [9.17, 15) is 4.79 Å². The van der Waals surface area contributed by atoms with Gasteiger partial charge in [0, 0.05) is 37.8 Å². The standard InChI is InChI=1S/C19H23BrN4O2/c1-26-16-6-4-15(5-7-16)22-8-10-23(11-9-22)18(25)13-24-19(14-2-3-14)17(20)12-21-24/h4-7,12,14H,2-3,8-11,13H2,1H3. The number of hydrogen-bond donors (Lipinski definition) is 0. The van der Waals surface area contributed by atoms with Gasteiger partial charge in [0.1, 0.15) is 12.3 Å². The van der Waals surface area contributed by atoms with Crippen LogP contribution in [0.1, 0.15) is 24.5 Å². The van der Waals surface area contributed by atoms with Crippen LogP contribution < -0.4 is 9.64 Å². The van der Waals surface area contributed by atoms with Gasteiger partial charge in [0.05, 0.1) is 23.5 Å². The van der Waals surface area contributed by atoms with Gasteiger partial charge in [-0.25, -0.2) is 0 Å². The largest absolute Gasteiger partial charge is 0.497 e. The number of carbonyl (C=O) groups excluding carboxylic acids is 1. The first kappa shape index (κ1) is 17.4. The zero-order valence-electron chi connectivity index (χ0n) is 14.9. The van der Waals surface area contributed by atoms with Gasteiger partial charge in [0.25, 0.3) is 0 Å². The highest BCUT2D eigenvalue weighted by molar-refractivity contribution is 9.10. The second-order valence-electron chi connectivity index (χ2n) is 6.88. The summed E-state index contributed by atoms with van der Waals surface area (Å²) in [5, 5.41) is 4.39. The molecule has 1 amide bonds. The van der Waals surface area contributed by atoms with E-state index in [1.165, 1.54) is 24.2 Å². The van der Waals surface area contributed by atoms with Crippen molar-refractivity contribution in [2.75, 3.05) is 38.2 Å². The molecule has 0 atom stereocenters. The van der Waals surface area contributed by atoms with E-state index in [-0.39, 0.29) is 5.91 Å². The van der Waals surface area contributed by atoms with Crippen LogP contribution in [0.5, 0.6) is 5.75 Å². The van der Waals surface area contributed by atoms with Gasteiger partial charge < -0.3 is 14.5 Å². The number of halogens is 1. The van der Waals surface area contributed by atoms with Crippen molar-refractivity contribution in [2.45, 2.75) is 25.3 Å². The minimum Gasteiger partial charge on any atom is -0.497 e. The van der Waals surface area contributed by atoms with Crippen LogP contribution in [-0.2, 0) is 11.3 Å². The molecular formula is C19H23BrN4O2. The van der Waals surface area contributed by atoms with E-state index in [0.29, 0.717) is 12.5 Å². The lowest BCUT2D eigenvalue weighted by atomic mass is 10.2. The molecule has 2 heterocycles. The molecule has 2 fully saturated rings. The van der Waals surface area contributed by atoms with Crippen LogP contribution in [0.25, 0.3) is 0 Å². The number of rotatable bonds is 5. The summed E-state index contributed by atoms with van der Waals surface area (Å²) < 4.78 is 8.11. The Morgan fingerprint density at radius 3 is 2.50 bits per heavy atom. The van der Waals surface area contributed by atoms with Crippen molar-refractivity contribution >= 4 is 27.5 Å². The molecule has 26 heavy (non-hydrogen) atoms. The molecule has 1 aromatic carbocycles. The Balaban J connectivity index is 1.34. The summed E-state index contributed by atoms with van der Waals surface area (Å²) in [5.74, 6) is 1.57. The highest BCUT2D eigenvalue weighted by Crippen LogP contribution is 2.43. The second kappa shape index (κ2) is 7.31. The van der Waals surface area contributed by atoms with Crippen molar-refractivity contribution in [3.8, 4) is 5.75 Å². The summed E-state index contributed by atoms with van der Waals surface area (Å²) >= 11 is 3.56. The van der Waals surface area contributed by atoms with Gasteiger partial charge in [-0.15, -0.1) is 0 Å². The predicted octanol–water partition coefficient (Wildman–Crippen LogP) is 2.88. The van der Waals surface area contributed by atoms with Crippen LogP contribution in [0.15, 0.2) is 34.9 Å². The van der Waals surface area contributed by atoms with Crippen LogP contribution in [-0.4, -0.2) is 53.9 Å². The average Bonchev–Trinajstić information content (AvgIpc) is 3.45. The molecule has 0 bridgehead atoms. The summed E-state index contributed by atoms with van der Waals surface area (Å²) in [6.07, 6.45) is 4.20. The maximum atomic E-state index is 12.7. The molecule has 1 aromatic heterocycles. The number of ether oxygens (including phenoxy) is 1. The highest BCUT2D eigenvalue weighted by atomic mass is 79.9. The Kier molecular flexibility index (Phi) is 4.89. The monoisotopic (exact) mass is 418 g/mol. The molecule has 1 saturated carbocycles. The number of hydrogen-bond acceptors (Lipinski definition) is 4. The molecule has 2 aliphatic rings. The lowest BCUT2D eigenvalue weighted by Crippen LogP contribution is -2.49. The maximum Gasteiger partial charge on any atom is 0.244 e. The number of carbonyl (C=O) groups is 1. The first-order valence-corrected chi connectivity index (χ1v) is 9.83. The van der Waals surface area contributed by atoms with Gasteiger partial charge in [0.2, 0.25) is 5.91 Å². The van der Waals surface area contributed by atoms with Crippen LogP contribution in [0, 0.1) is 0 Å². The smallest absolute Gasteiger partial charge is 0.244 e. The number of benzene rings is 1. The third-order valence-corrected chi connectivity index (χ3v) is 5.76. The van der Waals surface area contributed by atoms with Gasteiger partial charge in [-0.05, 0) is 53.0 Å². The molecule has 0 N–H and O–H groups in total. The number of piperazine rings is 1. The summed E-state index contributed by atoms with van der Waals surface area (Å²) in [6.45, 7) is 3.50. The zero-order valence-corrected chi connectivity index (χ0v) is 16.5. The zero-order chi connectivity index (χ0) is 18.1. The lowest BCUT2D eigenvalue weighted by molar-refractivity contribution is -0.132. The molecule has 138 valence electrons. The second-order valence-corrected chi connectivity index (χ2v) is 7.73. The first-order chi connectivity index (χ1) is 12.7. The SMILES string of the molecule is COc1ccc(N2CCN(C(=O)Cn3ncc(Br)c3C3CC3)CC2)cc1. The van der Waals surface area contributed by atoms with Gasteiger partial charge in [0.15, 0.2) is 0 Å². The summed E-state index contributed by atoms with van der Waals surface area (Å²) in [5.41, 5.74) is 2.35. The van der Waals surface area contributed by atoms with Crippen LogP contribution in [0.4, 0.5) is 5.69 Å². The Morgan fingerprint density at radius 2 is 1.88 bits per heavy atom. The van der Waals surface area contributed by atoms with Crippen molar-refractivity contribution in [1.82, 2.24) is 14.7 Å². The van der Waals surface area contributed by atoms with Crippen molar-refractivity contribution in [1.29, 1.82) is 0 Å². The number of aromatic nitrogens is 2.